The van der Waals surface area contributed by atoms with Crippen LogP contribution in [0.15, 0.2) is 18.2 Å². The number of benzene rings is 1. The molecule has 0 radical (unpaired) electrons. The Morgan fingerprint density at radius 2 is 2.17 bits per heavy atom. The van der Waals surface area contributed by atoms with Crippen LogP contribution in [-0.4, -0.2) is 16.6 Å². The van der Waals surface area contributed by atoms with E-state index in [0.29, 0.717) is 32.5 Å². The van der Waals surface area contributed by atoms with Crippen molar-refractivity contribution in [2.45, 2.75) is 6.42 Å². The van der Waals surface area contributed by atoms with Gasteiger partial charge in [0.1, 0.15) is 9.52 Å². The fourth-order valence-electron chi connectivity index (χ4n) is 1.82. The average Bonchev–Trinajstić information content (AvgIpc) is 2.81. The largest absolute Gasteiger partial charge is 0.488 e. The Morgan fingerprint density at radius 3 is 3.00 bits per heavy atom. The van der Waals surface area contributed by atoms with E-state index in [1.807, 2.05) is 0 Å². The van der Waals surface area contributed by atoms with Crippen molar-refractivity contribution in [2.24, 2.45) is 0 Å². The van der Waals surface area contributed by atoms with Gasteiger partial charge < -0.3 is 4.74 Å². The van der Waals surface area contributed by atoms with Crippen molar-refractivity contribution in [1.29, 1.82) is 0 Å². The first kappa shape index (κ1) is 12.1. The van der Waals surface area contributed by atoms with Gasteiger partial charge in [-0.25, -0.2) is 14.4 Å². The first-order chi connectivity index (χ1) is 8.65. The SMILES string of the molecule is Fc1ccc(Cl)cc1-c1nc(I)c2c(n1)CCO2. The number of halogens is 3. The van der Waals surface area contributed by atoms with Crippen LogP contribution in [0.4, 0.5) is 4.39 Å². The fourth-order valence-corrected chi connectivity index (χ4v) is 2.69. The van der Waals surface area contributed by atoms with E-state index in [1.165, 1.54) is 18.2 Å². The molecule has 92 valence electrons. The zero-order valence-electron chi connectivity index (χ0n) is 9.08. The van der Waals surface area contributed by atoms with Gasteiger partial charge >= 0.3 is 0 Å². The van der Waals surface area contributed by atoms with Crippen molar-refractivity contribution in [1.82, 2.24) is 9.97 Å². The van der Waals surface area contributed by atoms with Gasteiger partial charge in [0.15, 0.2) is 11.6 Å². The Balaban J connectivity index is 2.18. The van der Waals surface area contributed by atoms with Gasteiger partial charge in [-0.05, 0) is 40.8 Å². The Morgan fingerprint density at radius 1 is 1.33 bits per heavy atom. The molecule has 3 rings (SSSR count). The minimum atomic E-state index is -0.380. The van der Waals surface area contributed by atoms with Crippen LogP contribution in [0.1, 0.15) is 5.69 Å². The maximum atomic E-state index is 13.8. The Hall–Kier alpha value is -0.950. The summed E-state index contributed by atoms with van der Waals surface area (Å²) in [5.74, 6) is 0.680. The lowest BCUT2D eigenvalue weighted by Gasteiger charge is -2.06. The molecule has 1 aromatic carbocycles. The molecule has 0 N–H and O–H groups in total. The van der Waals surface area contributed by atoms with E-state index in [4.69, 9.17) is 16.3 Å². The Labute approximate surface area is 121 Å². The quantitative estimate of drug-likeness (QED) is 0.565. The second-order valence-electron chi connectivity index (χ2n) is 3.84. The predicted molar refractivity (Wildman–Crippen MR) is 74.4 cm³/mol. The molecule has 0 spiro atoms. The molecule has 0 amide bonds. The van der Waals surface area contributed by atoms with E-state index >= 15 is 0 Å². The van der Waals surface area contributed by atoms with Crippen molar-refractivity contribution in [3.8, 4) is 17.1 Å². The maximum Gasteiger partial charge on any atom is 0.172 e. The standard InChI is InChI=1S/C12H7ClFIN2O/c13-6-1-2-8(14)7(5-6)12-16-9-3-4-18-10(9)11(15)17-12/h1-2,5H,3-4H2. The first-order valence-corrected chi connectivity index (χ1v) is 6.75. The molecule has 1 aliphatic heterocycles. The zero-order valence-corrected chi connectivity index (χ0v) is 12.0. The molecule has 0 saturated carbocycles. The molecule has 2 heterocycles. The highest BCUT2D eigenvalue weighted by molar-refractivity contribution is 14.1. The molecular weight excluding hydrogens is 370 g/mol. The Bertz CT molecular complexity index is 636. The molecule has 0 atom stereocenters. The average molecular weight is 377 g/mol. The molecule has 0 unspecified atom stereocenters. The summed E-state index contributed by atoms with van der Waals surface area (Å²) in [6.07, 6.45) is 0.725. The Kier molecular flexibility index (Phi) is 3.11. The second kappa shape index (κ2) is 4.62. The van der Waals surface area contributed by atoms with Gasteiger partial charge in [0, 0.05) is 11.4 Å². The predicted octanol–water partition coefficient (Wildman–Crippen LogP) is 3.48. The number of hydrogen-bond acceptors (Lipinski definition) is 3. The van der Waals surface area contributed by atoms with Gasteiger partial charge in [-0.1, -0.05) is 11.6 Å². The third-order valence-electron chi connectivity index (χ3n) is 2.65. The molecule has 0 aliphatic carbocycles. The number of rotatable bonds is 1. The summed E-state index contributed by atoms with van der Waals surface area (Å²) in [6.45, 7) is 0.599. The molecule has 0 bridgehead atoms. The van der Waals surface area contributed by atoms with Crippen molar-refractivity contribution >= 4 is 34.2 Å². The fraction of sp³-hybridized carbons (Fsp3) is 0.167. The normalized spacial score (nSPS) is 13.3. The van der Waals surface area contributed by atoms with Crippen LogP contribution in [0.5, 0.6) is 5.75 Å². The molecule has 18 heavy (non-hydrogen) atoms. The lowest BCUT2D eigenvalue weighted by molar-refractivity contribution is 0.353. The highest BCUT2D eigenvalue weighted by atomic mass is 127. The van der Waals surface area contributed by atoms with Gasteiger partial charge in [-0.15, -0.1) is 0 Å². The topological polar surface area (TPSA) is 35.0 Å². The number of ether oxygens (including phenoxy) is 1. The summed E-state index contributed by atoms with van der Waals surface area (Å²) >= 11 is 7.94. The smallest absolute Gasteiger partial charge is 0.172 e. The van der Waals surface area contributed by atoms with Crippen LogP contribution in [0.2, 0.25) is 5.02 Å². The summed E-state index contributed by atoms with van der Waals surface area (Å²) in [5, 5.41) is 0.460. The molecular formula is C12H7ClFIN2O. The zero-order chi connectivity index (χ0) is 12.7. The summed E-state index contributed by atoms with van der Waals surface area (Å²) < 4.78 is 19.9. The van der Waals surface area contributed by atoms with Crippen molar-refractivity contribution in [3.05, 3.63) is 38.4 Å². The highest BCUT2D eigenvalue weighted by Gasteiger charge is 2.21. The molecule has 3 nitrogen and oxygen atoms in total. The summed E-state index contributed by atoms with van der Waals surface area (Å²) in [6, 6.07) is 4.35. The molecule has 1 aliphatic rings. The van der Waals surface area contributed by atoms with E-state index in [9.17, 15) is 4.39 Å². The van der Waals surface area contributed by atoms with Gasteiger partial charge in [0.2, 0.25) is 0 Å². The number of hydrogen-bond donors (Lipinski definition) is 0. The second-order valence-corrected chi connectivity index (χ2v) is 5.29. The van der Waals surface area contributed by atoms with Crippen molar-refractivity contribution in [3.63, 3.8) is 0 Å². The van der Waals surface area contributed by atoms with Crippen LogP contribution in [0.25, 0.3) is 11.4 Å². The minimum absolute atomic E-state index is 0.315. The van der Waals surface area contributed by atoms with Crippen LogP contribution in [-0.2, 0) is 6.42 Å². The van der Waals surface area contributed by atoms with E-state index in [-0.39, 0.29) is 5.82 Å². The third-order valence-corrected chi connectivity index (χ3v) is 3.62. The van der Waals surface area contributed by atoms with Crippen LogP contribution in [0, 0.1) is 9.52 Å². The van der Waals surface area contributed by atoms with Crippen LogP contribution < -0.4 is 4.74 Å². The van der Waals surface area contributed by atoms with Gasteiger partial charge in [-0.3, -0.25) is 0 Å². The summed E-state index contributed by atoms with van der Waals surface area (Å²) in [4.78, 5) is 8.62. The summed E-state index contributed by atoms with van der Waals surface area (Å²) in [7, 11) is 0. The minimum Gasteiger partial charge on any atom is -0.488 e. The maximum absolute atomic E-state index is 13.8. The van der Waals surface area contributed by atoms with Gasteiger partial charge in [0.25, 0.3) is 0 Å². The van der Waals surface area contributed by atoms with Crippen molar-refractivity contribution in [2.75, 3.05) is 6.61 Å². The van der Waals surface area contributed by atoms with Crippen LogP contribution in [0.3, 0.4) is 0 Å². The number of aromatic nitrogens is 2. The lowest BCUT2D eigenvalue weighted by Crippen LogP contribution is -1.98. The van der Waals surface area contributed by atoms with E-state index in [0.717, 1.165) is 12.1 Å². The molecule has 6 heteroatoms. The molecule has 0 saturated heterocycles. The van der Waals surface area contributed by atoms with Crippen LogP contribution >= 0.6 is 34.2 Å². The van der Waals surface area contributed by atoms with Gasteiger partial charge in [0.05, 0.1) is 17.9 Å². The van der Waals surface area contributed by atoms with E-state index in [1.54, 1.807) is 0 Å². The lowest BCUT2D eigenvalue weighted by atomic mass is 10.2. The number of nitrogens with zero attached hydrogens (tertiary/aromatic N) is 2. The highest BCUT2D eigenvalue weighted by Crippen LogP contribution is 2.31. The first-order valence-electron chi connectivity index (χ1n) is 5.30. The molecule has 2 aromatic rings. The third kappa shape index (κ3) is 2.05. The summed E-state index contributed by atoms with van der Waals surface area (Å²) in [5.41, 5.74) is 1.14. The molecule has 0 fully saturated rings. The monoisotopic (exact) mass is 376 g/mol. The van der Waals surface area contributed by atoms with Crippen molar-refractivity contribution < 1.29 is 9.13 Å². The van der Waals surface area contributed by atoms with E-state index in [2.05, 4.69) is 32.6 Å². The van der Waals surface area contributed by atoms with Gasteiger partial charge in [-0.2, -0.15) is 0 Å². The number of fused-ring (bicyclic) bond motifs is 1. The molecule has 1 aromatic heterocycles. The van der Waals surface area contributed by atoms with E-state index < -0.39 is 0 Å².